The molecular formula is C30H25N3O. The first-order chi connectivity index (χ1) is 16.4. The number of benzene rings is 4. The van der Waals surface area contributed by atoms with Crippen molar-refractivity contribution >= 4 is 28.4 Å². The predicted molar refractivity (Wildman–Crippen MR) is 138 cm³/mol. The standard InChI is InChI=1S/C30H25N3O/c1-19-9-12-21(13-10-19)24-16-26-28(23-8-6-5-7-22(23)24)34-30(18-32-26)29(2,3)25-15-20(17-31)11-14-27(25)33(30)4/h5-16,18H,1-4H3. The number of aryl methyl sites for hydroxylation is 1. The van der Waals surface area contributed by atoms with Gasteiger partial charge in [0.05, 0.1) is 23.3 Å². The summed E-state index contributed by atoms with van der Waals surface area (Å²) in [7, 11) is 2.04. The van der Waals surface area contributed by atoms with Crippen molar-refractivity contribution in [3.05, 3.63) is 89.5 Å². The maximum absolute atomic E-state index is 9.47. The lowest BCUT2D eigenvalue weighted by Crippen LogP contribution is -2.61. The first-order valence-electron chi connectivity index (χ1n) is 11.5. The maximum Gasteiger partial charge on any atom is 0.228 e. The van der Waals surface area contributed by atoms with E-state index < -0.39 is 11.1 Å². The number of nitrogens with zero attached hydrogens (tertiary/aromatic N) is 3. The van der Waals surface area contributed by atoms with Crippen molar-refractivity contribution in [2.75, 3.05) is 11.9 Å². The fourth-order valence-electron chi connectivity index (χ4n) is 5.48. The van der Waals surface area contributed by atoms with E-state index in [-0.39, 0.29) is 0 Å². The number of aliphatic imine (C=N–C) groups is 1. The van der Waals surface area contributed by atoms with Crippen LogP contribution in [-0.4, -0.2) is 19.0 Å². The molecule has 166 valence electrons. The van der Waals surface area contributed by atoms with E-state index in [0.717, 1.165) is 44.6 Å². The highest BCUT2D eigenvalue weighted by Gasteiger charge is 2.58. The van der Waals surface area contributed by atoms with Crippen molar-refractivity contribution in [1.82, 2.24) is 0 Å². The van der Waals surface area contributed by atoms with Gasteiger partial charge < -0.3 is 9.64 Å². The minimum atomic E-state index is -0.801. The Morgan fingerprint density at radius 1 is 0.941 bits per heavy atom. The third-order valence-corrected chi connectivity index (χ3v) is 7.53. The molecule has 4 aromatic carbocycles. The minimum Gasteiger partial charge on any atom is -0.459 e. The van der Waals surface area contributed by atoms with Gasteiger partial charge in [0.2, 0.25) is 5.72 Å². The van der Waals surface area contributed by atoms with Crippen molar-refractivity contribution < 1.29 is 4.74 Å². The Hall–Kier alpha value is -4.10. The topological polar surface area (TPSA) is 48.6 Å². The summed E-state index contributed by atoms with van der Waals surface area (Å²) in [5, 5.41) is 11.7. The first-order valence-corrected chi connectivity index (χ1v) is 11.5. The molecule has 34 heavy (non-hydrogen) atoms. The SMILES string of the molecule is Cc1ccc(-c2cc3c(c4ccccc24)OC2(C=N3)N(C)c3ccc(C#N)cc3C2(C)C)cc1. The quantitative estimate of drug-likeness (QED) is 0.321. The number of fused-ring (bicyclic) bond motifs is 4. The van der Waals surface area contributed by atoms with E-state index in [1.165, 1.54) is 5.56 Å². The molecule has 0 amide bonds. The number of ether oxygens (including phenoxy) is 1. The summed E-state index contributed by atoms with van der Waals surface area (Å²) < 4.78 is 6.98. The second kappa shape index (κ2) is 6.95. The Kier molecular flexibility index (Phi) is 4.19. The number of hydrogen-bond donors (Lipinski definition) is 0. The van der Waals surface area contributed by atoms with Crippen LogP contribution in [0.3, 0.4) is 0 Å². The molecule has 4 heteroatoms. The van der Waals surface area contributed by atoms with Crippen LogP contribution >= 0.6 is 0 Å². The summed E-state index contributed by atoms with van der Waals surface area (Å²) >= 11 is 0. The number of hydrogen-bond acceptors (Lipinski definition) is 4. The molecule has 2 heterocycles. The van der Waals surface area contributed by atoms with Gasteiger partial charge >= 0.3 is 0 Å². The normalized spacial score (nSPS) is 19.6. The van der Waals surface area contributed by atoms with Crippen LogP contribution in [0.4, 0.5) is 11.4 Å². The highest BCUT2D eigenvalue weighted by atomic mass is 16.5. The second-order valence-corrected chi connectivity index (χ2v) is 9.77. The molecule has 6 rings (SSSR count). The fourth-order valence-corrected chi connectivity index (χ4v) is 5.48. The number of rotatable bonds is 1. The molecule has 0 aliphatic carbocycles. The van der Waals surface area contributed by atoms with Gasteiger partial charge in [-0.2, -0.15) is 5.26 Å². The number of likely N-dealkylation sites (N-methyl/N-ethyl adjacent to an activating group) is 1. The zero-order valence-corrected chi connectivity index (χ0v) is 19.8. The van der Waals surface area contributed by atoms with Crippen LogP contribution in [-0.2, 0) is 5.41 Å². The largest absolute Gasteiger partial charge is 0.459 e. The monoisotopic (exact) mass is 443 g/mol. The molecule has 0 radical (unpaired) electrons. The van der Waals surface area contributed by atoms with Gasteiger partial charge in [0.15, 0.2) is 5.75 Å². The highest BCUT2D eigenvalue weighted by Crippen LogP contribution is 2.55. The zero-order chi connectivity index (χ0) is 23.7. The van der Waals surface area contributed by atoms with Crippen molar-refractivity contribution in [3.8, 4) is 22.9 Å². The third-order valence-electron chi connectivity index (χ3n) is 7.53. The molecule has 0 fully saturated rings. The van der Waals surface area contributed by atoms with E-state index in [4.69, 9.17) is 9.73 Å². The van der Waals surface area contributed by atoms with Crippen LogP contribution in [0.25, 0.3) is 21.9 Å². The van der Waals surface area contributed by atoms with Crippen LogP contribution in [0.15, 0.2) is 77.8 Å². The molecule has 1 spiro atoms. The van der Waals surface area contributed by atoms with Crippen molar-refractivity contribution in [2.45, 2.75) is 31.9 Å². The van der Waals surface area contributed by atoms with E-state index in [9.17, 15) is 5.26 Å². The Morgan fingerprint density at radius 3 is 2.41 bits per heavy atom. The van der Waals surface area contributed by atoms with Gasteiger partial charge in [0.1, 0.15) is 5.69 Å². The summed E-state index contributed by atoms with van der Waals surface area (Å²) in [5.74, 6) is 0.794. The van der Waals surface area contributed by atoms with Crippen LogP contribution in [0.1, 0.15) is 30.5 Å². The summed E-state index contributed by atoms with van der Waals surface area (Å²) in [4.78, 5) is 7.15. The van der Waals surface area contributed by atoms with Crippen molar-refractivity contribution in [2.24, 2.45) is 4.99 Å². The lowest BCUT2D eigenvalue weighted by molar-refractivity contribution is 0.0842. The van der Waals surface area contributed by atoms with E-state index in [0.29, 0.717) is 5.56 Å². The van der Waals surface area contributed by atoms with Crippen molar-refractivity contribution in [1.29, 1.82) is 5.26 Å². The van der Waals surface area contributed by atoms with Gasteiger partial charge in [-0.3, -0.25) is 4.99 Å². The van der Waals surface area contributed by atoms with E-state index in [1.54, 1.807) is 0 Å². The van der Waals surface area contributed by atoms with Crippen LogP contribution in [0.5, 0.6) is 5.75 Å². The predicted octanol–water partition coefficient (Wildman–Crippen LogP) is 6.91. The summed E-state index contributed by atoms with van der Waals surface area (Å²) in [6.45, 7) is 6.43. The second-order valence-electron chi connectivity index (χ2n) is 9.77. The summed E-state index contributed by atoms with van der Waals surface area (Å²) in [6.07, 6.45) is 1.94. The van der Waals surface area contributed by atoms with Gasteiger partial charge in [-0.25, -0.2) is 0 Å². The highest BCUT2D eigenvalue weighted by molar-refractivity contribution is 6.05. The van der Waals surface area contributed by atoms with E-state index in [2.05, 4.69) is 80.3 Å². The molecule has 0 saturated heterocycles. The Labute approximate surface area is 199 Å². The summed E-state index contributed by atoms with van der Waals surface area (Å²) in [6, 6.07) is 27.2. The average molecular weight is 444 g/mol. The third kappa shape index (κ3) is 2.61. The molecule has 4 aromatic rings. The molecule has 4 nitrogen and oxygen atoms in total. The van der Waals surface area contributed by atoms with Crippen LogP contribution < -0.4 is 9.64 Å². The molecule has 2 aliphatic heterocycles. The minimum absolute atomic E-state index is 0.429. The molecule has 2 aliphatic rings. The zero-order valence-electron chi connectivity index (χ0n) is 19.8. The average Bonchev–Trinajstić information content (AvgIpc) is 3.02. The van der Waals surface area contributed by atoms with Gasteiger partial charge in [-0.05, 0) is 67.1 Å². The number of anilines is 1. The number of nitriles is 1. The smallest absolute Gasteiger partial charge is 0.228 e. The lowest BCUT2D eigenvalue weighted by atomic mass is 9.77. The fraction of sp³-hybridized carbons (Fsp3) is 0.200. The van der Waals surface area contributed by atoms with Crippen LogP contribution in [0, 0.1) is 18.3 Å². The van der Waals surface area contributed by atoms with Gasteiger partial charge in [-0.1, -0.05) is 54.1 Å². The summed E-state index contributed by atoms with van der Waals surface area (Å²) in [5.41, 5.74) is 5.94. The van der Waals surface area contributed by atoms with Crippen LogP contribution in [0.2, 0.25) is 0 Å². The van der Waals surface area contributed by atoms with Gasteiger partial charge in [0.25, 0.3) is 0 Å². The maximum atomic E-state index is 9.47. The Morgan fingerprint density at radius 2 is 1.68 bits per heavy atom. The molecule has 0 bridgehead atoms. The van der Waals surface area contributed by atoms with Gasteiger partial charge in [-0.15, -0.1) is 0 Å². The molecule has 0 aromatic heterocycles. The molecule has 0 N–H and O–H groups in total. The Balaban J connectivity index is 1.56. The molecule has 0 saturated carbocycles. The Bertz CT molecular complexity index is 1540. The first kappa shape index (κ1) is 20.5. The molecule has 1 atom stereocenters. The van der Waals surface area contributed by atoms with Gasteiger partial charge in [0, 0.05) is 18.1 Å². The molecular weight excluding hydrogens is 418 g/mol. The molecule has 1 unspecified atom stereocenters. The van der Waals surface area contributed by atoms with E-state index >= 15 is 0 Å². The van der Waals surface area contributed by atoms with Crippen molar-refractivity contribution in [3.63, 3.8) is 0 Å². The lowest BCUT2D eigenvalue weighted by Gasteiger charge is -2.45. The van der Waals surface area contributed by atoms with E-state index in [1.807, 2.05) is 37.5 Å².